The molecule has 134 valence electrons. The van der Waals surface area contributed by atoms with Crippen molar-refractivity contribution >= 4 is 28.3 Å². The first-order valence-electron chi connectivity index (χ1n) is 8.39. The summed E-state index contributed by atoms with van der Waals surface area (Å²) in [5.74, 6) is -0.243. The van der Waals surface area contributed by atoms with Crippen LogP contribution in [0, 0.1) is 0 Å². The SMILES string of the molecule is Nc1ccccc1NC(=O)c1ccc(Cn2c(=O)[nH]c3ccncc32)cc1. The van der Waals surface area contributed by atoms with Crippen LogP contribution in [0.5, 0.6) is 0 Å². The zero-order chi connectivity index (χ0) is 18.8. The minimum Gasteiger partial charge on any atom is -0.397 e. The average Bonchev–Trinajstić information content (AvgIpc) is 2.99. The first-order chi connectivity index (χ1) is 13.1. The van der Waals surface area contributed by atoms with Crippen molar-refractivity contribution in [1.29, 1.82) is 0 Å². The quantitative estimate of drug-likeness (QED) is 0.487. The Labute approximate surface area is 154 Å². The molecule has 4 aromatic rings. The molecule has 0 unspecified atom stereocenters. The van der Waals surface area contributed by atoms with Crippen LogP contribution in [0.3, 0.4) is 0 Å². The number of H-pyrrole nitrogens is 1. The van der Waals surface area contributed by atoms with Crippen LogP contribution < -0.4 is 16.7 Å². The molecular weight excluding hydrogens is 342 g/mol. The first-order valence-corrected chi connectivity index (χ1v) is 8.39. The van der Waals surface area contributed by atoms with Crippen LogP contribution >= 0.6 is 0 Å². The normalized spacial score (nSPS) is 10.8. The maximum atomic E-state index is 12.4. The second kappa shape index (κ2) is 6.80. The fourth-order valence-corrected chi connectivity index (χ4v) is 2.91. The molecule has 7 heteroatoms. The lowest BCUT2D eigenvalue weighted by Crippen LogP contribution is -2.17. The lowest BCUT2D eigenvalue weighted by atomic mass is 10.1. The van der Waals surface area contributed by atoms with E-state index in [2.05, 4.69) is 15.3 Å². The third kappa shape index (κ3) is 3.30. The zero-order valence-electron chi connectivity index (χ0n) is 14.3. The van der Waals surface area contributed by atoms with Crippen molar-refractivity contribution in [1.82, 2.24) is 14.5 Å². The van der Waals surface area contributed by atoms with Gasteiger partial charge in [0.15, 0.2) is 0 Å². The van der Waals surface area contributed by atoms with Crippen molar-refractivity contribution in [2.45, 2.75) is 6.54 Å². The average molecular weight is 359 g/mol. The van der Waals surface area contributed by atoms with E-state index in [4.69, 9.17) is 5.73 Å². The number of aromatic amines is 1. The molecule has 0 aliphatic carbocycles. The Kier molecular flexibility index (Phi) is 4.18. The Morgan fingerprint density at radius 3 is 2.67 bits per heavy atom. The van der Waals surface area contributed by atoms with Gasteiger partial charge in [-0.25, -0.2) is 4.79 Å². The Morgan fingerprint density at radius 1 is 1.11 bits per heavy atom. The minimum atomic E-state index is -0.243. The second-order valence-corrected chi connectivity index (χ2v) is 6.15. The number of carbonyl (C=O) groups excluding carboxylic acids is 1. The van der Waals surface area contributed by atoms with Crippen LogP contribution in [0.1, 0.15) is 15.9 Å². The van der Waals surface area contributed by atoms with E-state index in [1.54, 1.807) is 47.3 Å². The number of imidazole rings is 1. The van der Waals surface area contributed by atoms with Crippen molar-refractivity contribution in [2.24, 2.45) is 0 Å². The minimum absolute atomic E-state index is 0.195. The molecule has 2 heterocycles. The van der Waals surface area contributed by atoms with Crippen LogP contribution in [0.25, 0.3) is 11.0 Å². The number of anilines is 2. The number of hydrogen-bond donors (Lipinski definition) is 3. The number of nitrogens with zero attached hydrogens (tertiary/aromatic N) is 2. The molecule has 27 heavy (non-hydrogen) atoms. The summed E-state index contributed by atoms with van der Waals surface area (Å²) in [6.07, 6.45) is 3.29. The number of carbonyl (C=O) groups is 1. The molecule has 4 rings (SSSR count). The van der Waals surface area contributed by atoms with Crippen LogP contribution in [0.15, 0.2) is 71.8 Å². The molecule has 0 spiro atoms. The Balaban J connectivity index is 1.54. The summed E-state index contributed by atoms with van der Waals surface area (Å²) in [5, 5.41) is 2.79. The molecule has 0 bridgehead atoms. The summed E-state index contributed by atoms with van der Waals surface area (Å²) in [6.45, 7) is 0.387. The third-order valence-electron chi connectivity index (χ3n) is 4.34. The summed E-state index contributed by atoms with van der Waals surface area (Å²) >= 11 is 0. The third-order valence-corrected chi connectivity index (χ3v) is 4.34. The van der Waals surface area contributed by atoms with Crippen LogP contribution in [0.4, 0.5) is 11.4 Å². The van der Waals surface area contributed by atoms with E-state index in [0.29, 0.717) is 23.5 Å². The van der Waals surface area contributed by atoms with Crippen LogP contribution in [-0.2, 0) is 6.54 Å². The number of nitrogen functional groups attached to an aromatic ring is 1. The van der Waals surface area contributed by atoms with Gasteiger partial charge in [0.25, 0.3) is 5.91 Å². The summed E-state index contributed by atoms with van der Waals surface area (Å²) in [4.78, 5) is 31.4. The number of rotatable bonds is 4. The van der Waals surface area contributed by atoms with Crippen molar-refractivity contribution in [3.63, 3.8) is 0 Å². The number of para-hydroxylation sites is 2. The molecule has 0 aliphatic rings. The first kappa shape index (κ1) is 16.6. The van der Waals surface area contributed by atoms with Gasteiger partial charge in [-0.3, -0.25) is 14.3 Å². The predicted octanol–water partition coefficient (Wildman–Crippen LogP) is 2.61. The lowest BCUT2D eigenvalue weighted by molar-refractivity contribution is 0.102. The monoisotopic (exact) mass is 359 g/mol. The number of aromatic nitrogens is 3. The topological polar surface area (TPSA) is 106 Å². The lowest BCUT2D eigenvalue weighted by Gasteiger charge is -2.09. The highest BCUT2D eigenvalue weighted by Crippen LogP contribution is 2.18. The van der Waals surface area contributed by atoms with Crippen molar-refractivity contribution < 1.29 is 4.79 Å². The molecule has 1 amide bonds. The molecular formula is C20H17N5O2. The van der Waals surface area contributed by atoms with E-state index in [9.17, 15) is 9.59 Å². The number of nitrogens with one attached hydrogen (secondary N) is 2. The van der Waals surface area contributed by atoms with Crippen molar-refractivity contribution in [3.8, 4) is 0 Å². The molecule has 2 aromatic heterocycles. The van der Waals surface area contributed by atoms with Gasteiger partial charge in [0, 0.05) is 11.8 Å². The highest BCUT2D eigenvalue weighted by molar-refractivity contribution is 6.05. The van der Waals surface area contributed by atoms with Gasteiger partial charge in [0.05, 0.1) is 35.1 Å². The standard InChI is InChI=1S/C20H17N5O2/c21-15-3-1-2-4-16(15)23-19(26)14-7-5-13(6-8-14)12-25-18-11-22-10-9-17(18)24-20(25)27/h1-11H,12,21H2,(H,23,26)(H,24,27). The van der Waals surface area contributed by atoms with Gasteiger partial charge in [-0.15, -0.1) is 0 Å². The number of pyridine rings is 1. The number of fused-ring (bicyclic) bond motifs is 1. The molecule has 0 fully saturated rings. The number of benzene rings is 2. The van der Waals surface area contributed by atoms with Crippen molar-refractivity contribution in [2.75, 3.05) is 11.1 Å². The summed E-state index contributed by atoms with van der Waals surface area (Å²) in [5.41, 5.74) is 9.63. The molecule has 0 aliphatic heterocycles. The molecule has 2 aromatic carbocycles. The highest BCUT2D eigenvalue weighted by atomic mass is 16.2. The van der Waals surface area contributed by atoms with Gasteiger partial charge >= 0.3 is 5.69 Å². The van der Waals surface area contributed by atoms with E-state index < -0.39 is 0 Å². The fraction of sp³-hybridized carbons (Fsp3) is 0.0500. The van der Waals surface area contributed by atoms with E-state index in [1.165, 1.54) is 0 Å². The zero-order valence-corrected chi connectivity index (χ0v) is 14.3. The smallest absolute Gasteiger partial charge is 0.326 e. The van der Waals surface area contributed by atoms with Gasteiger partial charge in [-0.1, -0.05) is 24.3 Å². The number of nitrogens with two attached hydrogens (primary N) is 1. The Hall–Kier alpha value is -3.87. The van der Waals surface area contributed by atoms with Crippen LogP contribution in [0.2, 0.25) is 0 Å². The summed E-state index contributed by atoms with van der Waals surface area (Å²) < 4.78 is 1.61. The van der Waals surface area contributed by atoms with Gasteiger partial charge in [0.1, 0.15) is 0 Å². The molecule has 7 nitrogen and oxygen atoms in total. The van der Waals surface area contributed by atoms with Gasteiger partial charge < -0.3 is 16.0 Å². The molecule has 0 atom stereocenters. The van der Waals surface area contributed by atoms with Gasteiger partial charge in [-0.2, -0.15) is 0 Å². The largest absolute Gasteiger partial charge is 0.397 e. The molecule has 0 saturated heterocycles. The highest BCUT2D eigenvalue weighted by Gasteiger charge is 2.10. The van der Waals surface area contributed by atoms with E-state index in [-0.39, 0.29) is 11.6 Å². The summed E-state index contributed by atoms with van der Waals surface area (Å²) in [7, 11) is 0. The number of amides is 1. The molecule has 0 saturated carbocycles. The summed E-state index contributed by atoms with van der Waals surface area (Å²) in [6, 6.07) is 16.0. The maximum absolute atomic E-state index is 12.4. The number of hydrogen-bond acceptors (Lipinski definition) is 4. The maximum Gasteiger partial charge on any atom is 0.326 e. The van der Waals surface area contributed by atoms with E-state index >= 15 is 0 Å². The Bertz CT molecular complexity index is 1170. The van der Waals surface area contributed by atoms with E-state index in [1.807, 2.05) is 24.3 Å². The molecule has 4 N–H and O–H groups in total. The van der Waals surface area contributed by atoms with Gasteiger partial charge in [0.2, 0.25) is 0 Å². The van der Waals surface area contributed by atoms with E-state index in [0.717, 1.165) is 16.6 Å². The van der Waals surface area contributed by atoms with Crippen molar-refractivity contribution in [3.05, 3.63) is 88.6 Å². The van der Waals surface area contributed by atoms with Crippen LogP contribution in [-0.4, -0.2) is 20.4 Å². The van der Waals surface area contributed by atoms with Gasteiger partial charge in [-0.05, 0) is 35.9 Å². The second-order valence-electron chi connectivity index (χ2n) is 6.15. The molecule has 0 radical (unpaired) electrons. The fourth-order valence-electron chi connectivity index (χ4n) is 2.91. The predicted molar refractivity (Wildman–Crippen MR) is 105 cm³/mol. The Morgan fingerprint density at radius 2 is 1.89 bits per heavy atom.